The number of carbonyl (C=O) groups excluding carboxylic acids is 1. The summed E-state index contributed by atoms with van der Waals surface area (Å²) in [6, 6.07) is 5.49. The lowest BCUT2D eigenvalue weighted by molar-refractivity contribution is -0.142. The van der Waals surface area contributed by atoms with Gasteiger partial charge in [0.05, 0.1) is 5.92 Å². The number of aliphatic carboxylic acids is 1. The average Bonchev–Trinajstić information content (AvgIpc) is 2.69. The maximum Gasteiger partial charge on any atom is 0.308 e. The third-order valence-corrected chi connectivity index (χ3v) is 3.80. The molecule has 2 atom stereocenters. The Bertz CT molecular complexity index is 504. The van der Waals surface area contributed by atoms with Crippen LogP contribution in [0.15, 0.2) is 18.2 Å². The van der Waals surface area contributed by atoms with Crippen LogP contribution in [0, 0.1) is 19.8 Å². The van der Waals surface area contributed by atoms with Gasteiger partial charge in [0.15, 0.2) is 0 Å². The minimum Gasteiger partial charge on any atom is -0.481 e. The monoisotopic (exact) mass is 261 g/mol. The SMILES string of the molecule is Cc1cc(C)cc(C(=O)N2CCC(C(=O)O)C2C)c1. The first-order valence-corrected chi connectivity index (χ1v) is 6.52. The van der Waals surface area contributed by atoms with Gasteiger partial charge in [0.2, 0.25) is 0 Å². The van der Waals surface area contributed by atoms with Gasteiger partial charge < -0.3 is 10.0 Å². The summed E-state index contributed by atoms with van der Waals surface area (Å²) in [5.74, 6) is -1.33. The van der Waals surface area contributed by atoms with Gasteiger partial charge >= 0.3 is 5.97 Å². The van der Waals surface area contributed by atoms with Gasteiger partial charge in [-0.3, -0.25) is 9.59 Å². The first kappa shape index (κ1) is 13.6. The van der Waals surface area contributed by atoms with Gasteiger partial charge in [-0.2, -0.15) is 0 Å². The number of carboxylic acids is 1. The molecule has 1 fully saturated rings. The zero-order valence-corrected chi connectivity index (χ0v) is 11.5. The molecule has 0 aliphatic carbocycles. The maximum atomic E-state index is 12.5. The van der Waals surface area contributed by atoms with Crippen LogP contribution in [0.1, 0.15) is 34.8 Å². The zero-order valence-electron chi connectivity index (χ0n) is 11.5. The van der Waals surface area contributed by atoms with E-state index in [1.165, 1.54) is 0 Å². The highest BCUT2D eigenvalue weighted by atomic mass is 16.4. The van der Waals surface area contributed by atoms with Gasteiger partial charge in [0.1, 0.15) is 0 Å². The average molecular weight is 261 g/mol. The highest BCUT2D eigenvalue weighted by Crippen LogP contribution is 2.26. The first-order valence-electron chi connectivity index (χ1n) is 6.52. The number of benzene rings is 1. The van der Waals surface area contributed by atoms with Gasteiger partial charge in [-0.1, -0.05) is 17.2 Å². The highest BCUT2D eigenvalue weighted by molar-refractivity contribution is 5.95. The number of hydrogen-bond donors (Lipinski definition) is 1. The van der Waals surface area contributed by atoms with Crippen LogP contribution in [0.3, 0.4) is 0 Å². The van der Waals surface area contributed by atoms with Crippen molar-refractivity contribution in [3.63, 3.8) is 0 Å². The Morgan fingerprint density at radius 2 is 1.79 bits per heavy atom. The lowest BCUT2D eigenvalue weighted by atomic mass is 10.0. The normalized spacial score (nSPS) is 22.6. The molecular formula is C15H19NO3. The summed E-state index contributed by atoms with van der Waals surface area (Å²) in [6.45, 7) is 6.24. The fraction of sp³-hybridized carbons (Fsp3) is 0.467. The third-order valence-electron chi connectivity index (χ3n) is 3.80. The van der Waals surface area contributed by atoms with Crippen molar-refractivity contribution in [2.45, 2.75) is 33.2 Å². The van der Waals surface area contributed by atoms with Crippen molar-refractivity contribution in [2.24, 2.45) is 5.92 Å². The Labute approximate surface area is 113 Å². The molecule has 4 heteroatoms. The summed E-state index contributed by atoms with van der Waals surface area (Å²) < 4.78 is 0. The number of rotatable bonds is 2. The number of nitrogens with zero attached hydrogens (tertiary/aromatic N) is 1. The number of hydrogen-bond acceptors (Lipinski definition) is 2. The molecule has 19 heavy (non-hydrogen) atoms. The van der Waals surface area contributed by atoms with Crippen molar-refractivity contribution >= 4 is 11.9 Å². The minimum absolute atomic E-state index is 0.0666. The van der Waals surface area contributed by atoms with E-state index < -0.39 is 11.9 Å². The number of carbonyl (C=O) groups is 2. The summed E-state index contributed by atoms with van der Waals surface area (Å²) in [5.41, 5.74) is 2.74. The number of likely N-dealkylation sites (tertiary alicyclic amines) is 1. The molecule has 1 aromatic carbocycles. The molecule has 0 radical (unpaired) electrons. The number of aryl methyl sites for hydroxylation is 2. The molecule has 1 saturated heterocycles. The lowest BCUT2D eigenvalue weighted by Crippen LogP contribution is -2.37. The largest absolute Gasteiger partial charge is 0.481 e. The molecule has 0 spiro atoms. The third kappa shape index (κ3) is 2.62. The molecule has 4 nitrogen and oxygen atoms in total. The highest BCUT2D eigenvalue weighted by Gasteiger charge is 2.38. The molecular weight excluding hydrogens is 242 g/mol. The molecule has 1 N–H and O–H groups in total. The van der Waals surface area contributed by atoms with E-state index >= 15 is 0 Å². The van der Waals surface area contributed by atoms with Crippen LogP contribution >= 0.6 is 0 Å². The molecule has 1 heterocycles. The van der Waals surface area contributed by atoms with Crippen LogP contribution in [-0.2, 0) is 4.79 Å². The van der Waals surface area contributed by atoms with E-state index in [2.05, 4.69) is 0 Å². The minimum atomic E-state index is -0.816. The summed E-state index contributed by atoms with van der Waals surface area (Å²) in [6.07, 6.45) is 0.535. The Morgan fingerprint density at radius 1 is 1.21 bits per heavy atom. The van der Waals surface area contributed by atoms with Crippen LogP contribution in [-0.4, -0.2) is 34.5 Å². The molecule has 1 amide bonds. The van der Waals surface area contributed by atoms with E-state index in [0.717, 1.165) is 11.1 Å². The van der Waals surface area contributed by atoms with E-state index in [1.54, 1.807) is 4.90 Å². The van der Waals surface area contributed by atoms with Crippen LogP contribution < -0.4 is 0 Å². The predicted molar refractivity (Wildman–Crippen MR) is 72.2 cm³/mol. The molecule has 0 aromatic heterocycles. The quantitative estimate of drug-likeness (QED) is 0.888. The smallest absolute Gasteiger partial charge is 0.308 e. The van der Waals surface area contributed by atoms with Crippen molar-refractivity contribution in [1.29, 1.82) is 0 Å². The molecule has 1 aromatic rings. The molecule has 1 aliphatic heterocycles. The summed E-state index contributed by atoms with van der Waals surface area (Å²) >= 11 is 0. The Kier molecular flexibility index (Phi) is 3.60. The van der Waals surface area contributed by atoms with E-state index in [4.69, 9.17) is 5.11 Å². The molecule has 102 valence electrons. The van der Waals surface area contributed by atoms with Crippen molar-refractivity contribution in [3.05, 3.63) is 34.9 Å². The van der Waals surface area contributed by atoms with E-state index in [-0.39, 0.29) is 11.9 Å². The fourth-order valence-electron chi connectivity index (χ4n) is 2.82. The molecule has 2 unspecified atom stereocenters. The van der Waals surface area contributed by atoms with Crippen LogP contribution in [0.25, 0.3) is 0 Å². The van der Waals surface area contributed by atoms with Gasteiger partial charge in [-0.05, 0) is 39.3 Å². The summed E-state index contributed by atoms with van der Waals surface area (Å²) in [5, 5.41) is 9.10. The molecule has 1 aliphatic rings. The van der Waals surface area contributed by atoms with E-state index in [0.29, 0.717) is 18.5 Å². The second-order valence-electron chi connectivity index (χ2n) is 5.35. The van der Waals surface area contributed by atoms with Gasteiger partial charge in [0.25, 0.3) is 5.91 Å². The van der Waals surface area contributed by atoms with Crippen LogP contribution in [0.4, 0.5) is 0 Å². The van der Waals surface area contributed by atoms with Crippen molar-refractivity contribution in [3.8, 4) is 0 Å². The zero-order chi connectivity index (χ0) is 14.2. The predicted octanol–water partition coefficient (Wildman–Crippen LogP) is 2.24. The van der Waals surface area contributed by atoms with Gasteiger partial charge in [-0.15, -0.1) is 0 Å². The van der Waals surface area contributed by atoms with Crippen molar-refractivity contribution in [1.82, 2.24) is 4.90 Å². The van der Waals surface area contributed by atoms with Gasteiger partial charge in [0, 0.05) is 18.2 Å². The lowest BCUT2D eigenvalue weighted by Gasteiger charge is -2.23. The Balaban J connectivity index is 2.23. The molecule has 0 bridgehead atoms. The molecule has 0 saturated carbocycles. The second-order valence-corrected chi connectivity index (χ2v) is 5.35. The summed E-state index contributed by atoms with van der Waals surface area (Å²) in [4.78, 5) is 25.2. The van der Waals surface area contributed by atoms with Crippen LogP contribution in [0.2, 0.25) is 0 Å². The van der Waals surface area contributed by atoms with E-state index in [9.17, 15) is 9.59 Å². The second kappa shape index (κ2) is 5.03. The Hall–Kier alpha value is -1.84. The number of amides is 1. The van der Waals surface area contributed by atoms with E-state index in [1.807, 2.05) is 39.0 Å². The van der Waals surface area contributed by atoms with Crippen molar-refractivity contribution in [2.75, 3.05) is 6.54 Å². The standard InChI is InChI=1S/C15H19NO3/c1-9-6-10(2)8-12(7-9)14(17)16-5-4-13(11(16)3)15(18)19/h6-8,11,13H,4-5H2,1-3H3,(H,18,19). The van der Waals surface area contributed by atoms with Gasteiger partial charge in [-0.25, -0.2) is 0 Å². The first-order chi connectivity index (χ1) is 8.90. The maximum absolute atomic E-state index is 12.5. The fourth-order valence-corrected chi connectivity index (χ4v) is 2.82. The number of carboxylic acid groups (broad SMARTS) is 1. The van der Waals surface area contributed by atoms with Crippen LogP contribution in [0.5, 0.6) is 0 Å². The molecule has 2 rings (SSSR count). The van der Waals surface area contributed by atoms with Crippen molar-refractivity contribution < 1.29 is 14.7 Å². The topological polar surface area (TPSA) is 57.6 Å². The Morgan fingerprint density at radius 3 is 2.26 bits per heavy atom. The summed E-state index contributed by atoms with van der Waals surface area (Å²) in [7, 11) is 0.